The van der Waals surface area contributed by atoms with E-state index in [0.717, 1.165) is 19.3 Å². The Hall–Kier alpha value is -0.570. The SMILES string of the molecule is CCCC(C)CC(C)C(CC(C)(C)CC(C)(C)CCC)OC(=O)CCCN. The Morgan fingerprint density at radius 3 is 2.19 bits per heavy atom. The van der Waals surface area contributed by atoms with Gasteiger partial charge < -0.3 is 10.5 Å². The highest BCUT2D eigenvalue weighted by Crippen LogP contribution is 2.41. The first-order chi connectivity index (χ1) is 12.5. The van der Waals surface area contributed by atoms with Crippen LogP contribution in [0, 0.1) is 22.7 Å². The van der Waals surface area contributed by atoms with E-state index >= 15 is 0 Å². The summed E-state index contributed by atoms with van der Waals surface area (Å²) in [7, 11) is 0. The van der Waals surface area contributed by atoms with E-state index in [4.69, 9.17) is 10.5 Å². The maximum atomic E-state index is 12.3. The molecule has 3 unspecified atom stereocenters. The van der Waals surface area contributed by atoms with Crippen LogP contribution >= 0.6 is 0 Å². The number of carbonyl (C=O) groups excluding carboxylic acids is 1. The van der Waals surface area contributed by atoms with Gasteiger partial charge in [0.15, 0.2) is 0 Å². The summed E-state index contributed by atoms with van der Waals surface area (Å²) in [6, 6.07) is 0. The van der Waals surface area contributed by atoms with E-state index in [-0.39, 0.29) is 17.5 Å². The molecule has 0 aliphatic carbocycles. The van der Waals surface area contributed by atoms with Crippen LogP contribution in [0.15, 0.2) is 0 Å². The molecule has 3 nitrogen and oxygen atoms in total. The van der Waals surface area contributed by atoms with E-state index in [1.165, 1.54) is 25.7 Å². The molecule has 2 N–H and O–H groups in total. The molecular weight excluding hydrogens is 334 g/mol. The Morgan fingerprint density at radius 2 is 1.67 bits per heavy atom. The Balaban J connectivity index is 5.11. The topological polar surface area (TPSA) is 52.3 Å². The fraction of sp³-hybridized carbons (Fsp3) is 0.958. The van der Waals surface area contributed by atoms with Crippen LogP contribution < -0.4 is 5.73 Å². The van der Waals surface area contributed by atoms with Gasteiger partial charge in [-0.1, -0.05) is 74.7 Å². The maximum absolute atomic E-state index is 12.3. The van der Waals surface area contributed by atoms with Crippen LogP contribution in [0.1, 0.15) is 113 Å². The molecule has 0 aromatic carbocycles. The highest BCUT2D eigenvalue weighted by molar-refractivity contribution is 5.69. The monoisotopic (exact) mass is 383 g/mol. The predicted octanol–water partition coefficient (Wildman–Crippen LogP) is 6.73. The molecule has 0 aromatic heterocycles. The first-order valence-electron chi connectivity index (χ1n) is 11.4. The van der Waals surface area contributed by atoms with Gasteiger partial charge in [-0.15, -0.1) is 0 Å². The summed E-state index contributed by atoms with van der Waals surface area (Å²) in [5, 5.41) is 0. The number of rotatable bonds is 15. The third-order valence-corrected chi connectivity index (χ3v) is 5.70. The van der Waals surface area contributed by atoms with Gasteiger partial charge in [0.05, 0.1) is 0 Å². The number of hydrogen-bond donors (Lipinski definition) is 1. The summed E-state index contributed by atoms with van der Waals surface area (Å²) in [5.74, 6) is 0.987. The standard InChI is InChI=1S/C24H49NO2/c1-9-12-19(3)16-20(4)21(27-22(26)13-11-15-25)17-24(7,8)18-23(5,6)14-10-2/h19-21H,9-18,25H2,1-8H3. The second kappa shape index (κ2) is 12.8. The lowest BCUT2D eigenvalue weighted by Gasteiger charge is -2.38. The van der Waals surface area contributed by atoms with Gasteiger partial charge >= 0.3 is 5.97 Å². The molecule has 0 fully saturated rings. The summed E-state index contributed by atoms with van der Waals surface area (Å²) in [6.45, 7) is 19.0. The van der Waals surface area contributed by atoms with E-state index in [0.29, 0.717) is 36.6 Å². The largest absolute Gasteiger partial charge is 0.462 e. The molecular formula is C24H49NO2. The van der Waals surface area contributed by atoms with Crippen molar-refractivity contribution < 1.29 is 9.53 Å². The van der Waals surface area contributed by atoms with Crippen molar-refractivity contribution in [2.45, 2.75) is 119 Å². The Bertz CT molecular complexity index is 403. The van der Waals surface area contributed by atoms with Gasteiger partial charge in [-0.2, -0.15) is 0 Å². The minimum Gasteiger partial charge on any atom is -0.462 e. The van der Waals surface area contributed by atoms with Crippen molar-refractivity contribution >= 4 is 5.97 Å². The van der Waals surface area contributed by atoms with E-state index in [1.807, 2.05) is 0 Å². The molecule has 0 aromatic rings. The Kier molecular flexibility index (Phi) is 12.5. The molecule has 0 amide bonds. The summed E-state index contributed by atoms with van der Waals surface area (Å²) in [5.41, 5.74) is 6.04. The molecule has 0 saturated heterocycles. The number of esters is 1. The summed E-state index contributed by atoms with van der Waals surface area (Å²) < 4.78 is 6.01. The molecule has 0 aliphatic heterocycles. The molecule has 3 atom stereocenters. The van der Waals surface area contributed by atoms with Crippen molar-refractivity contribution in [1.82, 2.24) is 0 Å². The zero-order valence-corrected chi connectivity index (χ0v) is 19.7. The van der Waals surface area contributed by atoms with Crippen LogP contribution in [-0.4, -0.2) is 18.6 Å². The van der Waals surface area contributed by atoms with Crippen molar-refractivity contribution in [2.75, 3.05) is 6.54 Å². The highest BCUT2D eigenvalue weighted by Gasteiger charge is 2.34. The fourth-order valence-corrected chi connectivity index (χ4v) is 4.91. The van der Waals surface area contributed by atoms with E-state index in [2.05, 4.69) is 55.4 Å². The van der Waals surface area contributed by atoms with E-state index < -0.39 is 0 Å². The van der Waals surface area contributed by atoms with Gasteiger partial charge in [-0.05, 0) is 61.3 Å². The second-order valence-electron chi connectivity index (χ2n) is 10.5. The number of carbonyl (C=O) groups is 1. The van der Waals surface area contributed by atoms with Crippen molar-refractivity contribution in [3.63, 3.8) is 0 Å². The third-order valence-electron chi connectivity index (χ3n) is 5.70. The maximum Gasteiger partial charge on any atom is 0.306 e. The van der Waals surface area contributed by atoms with Crippen LogP contribution in [0.2, 0.25) is 0 Å². The molecule has 0 bridgehead atoms. The Morgan fingerprint density at radius 1 is 1.04 bits per heavy atom. The summed E-state index contributed by atoms with van der Waals surface area (Å²) in [4.78, 5) is 12.3. The van der Waals surface area contributed by atoms with Crippen molar-refractivity contribution in [3.8, 4) is 0 Å². The van der Waals surface area contributed by atoms with Crippen LogP contribution in [-0.2, 0) is 9.53 Å². The molecule has 0 rings (SSSR count). The molecule has 3 heteroatoms. The molecule has 0 spiro atoms. The van der Waals surface area contributed by atoms with Crippen LogP contribution in [0.4, 0.5) is 0 Å². The number of ether oxygens (including phenoxy) is 1. The van der Waals surface area contributed by atoms with Crippen molar-refractivity contribution in [1.29, 1.82) is 0 Å². The minimum absolute atomic E-state index is 0.00186. The van der Waals surface area contributed by atoms with Gasteiger partial charge in [-0.3, -0.25) is 4.79 Å². The van der Waals surface area contributed by atoms with Crippen LogP contribution in [0.3, 0.4) is 0 Å². The van der Waals surface area contributed by atoms with Gasteiger partial charge in [0, 0.05) is 6.42 Å². The van der Waals surface area contributed by atoms with Gasteiger partial charge in [0.1, 0.15) is 6.10 Å². The minimum atomic E-state index is -0.0796. The van der Waals surface area contributed by atoms with Gasteiger partial charge in [0.25, 0.3) is 0 Å². The number of hydrogen-bond acceptors (Lipinski definition) is 3. The molecule has 27 heavy (non-hydrogen) atoms. The molecule has 162 valence electrons. The quantitative estimate of drug-likeness (QED) is 0.319. The van der Waals surface area contributed by atoms with Crippen LogP contribution in [0.25, 0.3) is 0 Å². The normalized spacial score (nSPS) is 16.0. The number of nitrogens with two attached hydrogens (primary N) is 1. The molecule has 0 aliphatic rings. The third kappa shape index (κ3) is 12.5. The zero-order valence-electron chi connectivity index (χ0n) is 19.7. The van der Waals surface area contributed by atoms with Crippen molar-refractivity contribution in [3.05, 3.63) is 0 Å². The molecule has 0 heterocycles. The fourth-order valence-electron chi connectivity index (χ4n) is 4.91. The van der Waals surface area contributed by atoms with E-state index in [1.54, 1.807) is 0 Å². The first-order valence-corrected chi connectivity index (χ1v) is 11.4. The summed E-state index contributed by atoms with van der Waals surface area (Å²) >= 11 is 0. The van der Waals surface area contributed by atoms with Crippen molar-refractivity contribution in [2.24, 2.45) is 28.4 Å². The lowest BCUT2D eigenvalue weighted by Crippen LogP contribution is -2.34. The smallest absolute Gasteiger partial charge is 0.306 e. The Labute approximate surface area is 170 Å². The predicted molar refractivity (Wildman–Crippen MR) is 118 cm³/mol. The molecule has 0 radical (unpaired) electrons. The van der Waals surface area contributed by atoms with Crippen LogP contribution in [0.5, 0.6) is 0 Å². The first kappa shape index (κ1) is 26.4. The molecule has 0 saturated carbocycles. The van der Waals surface area contributed by atoms with Gasteiger partial charge in [0.2, 0.25) is 0 Å². The average Bonchev–Trinajstić information content (AvgIpc) is 2.50. The lowest BCUT2D eigenvalue weighted by atomic mass is 9.69. The second-order valence-corrected chi connectivity index (χ2v) is 10.5. The lowest BCUT2D eigenvalue weighted by molar-refractivity contribution is -0.154. The zero-order chi connectivity index (χ0) is 21.1. The van der Waals surface area contributed by atoms with E-state index in [9.17, 15) is 4.79 Å². The highest BCUT2D eigenvalue weighted by atomic mass is 16.5. The summed E-state index contributed by atoms with van der Waals surface area (Å²) in [6.07, 6.45) is 9.27. The van der Waals surface area contributed by atoms with Gasteiger partial charge in [-0.25, -0.2) is 0 Å². The average molecular weight is 384 g/mol.